The van der Waals surface area contributed by atoms with Gasteiger partial charge in [0.15, 0.2) is 5.82 Å². The number of pyridine rings is 1. The second kappa shape index (κ2) is 7.88. The van der Waals surface area contributed by atoms with Crippen molar-refractivity contribution in [2.45, 2.75) is 25.8 Å². The van der Waals surface area contributed by atoms with Crippen LogP contribution in [0, 0.1) is 5.92 Å². The van der Waals surface area contributed by atoms with Gasteiger partial charge in [-0.05, 0) is 31.4 Å². The number of rotatable bonds is 5. The minimum Gasteiger partial charge on any atom is -0.363 e. The van der Waals surface area contributed by atoms with Crippen LogP contribution in [0.3, 0.4) is 0 Å². The summed E-state index contributed by atoms with van der Waals surface area (Å²) in [7, 11) is 3.87. The molecule has 2 aromatic rings. The lowest BCUT2D eigenvalue weighted by atomic mass is 9.94. The molecule has 6 heteroatoms. The predicted octanol–water partition coefficient (Wildman–Crippen LogP) is 2.58. The van der Waals surface area contributed by atoms with E-state index < -0.39 is 0 Å². The lowest BCUT2D eigenvalue weighted by molar-refractivity contribution is -0.125. The van der Waals surface area contributed by atoms with E-state index in [2.05, 4.69) is 32.4 Å². The summed E-state index contributed by atoms with van der Waals surface area (Å²) in [5.41, 5.74) is 1.65. The molecule has 0 spiro atoms. The fourth-order valence-corrected chi connectivity index (χ4v) is 2.78. The summed E-state index contributed by atoms with van der Waals surface area (Å²) in [5.74, 6) is 1.58. The second-order valence-electron chi connectivity index (χ2n) is 6.38. The topological polar surface area (TPSA) is 71.0 Å². The van der Waals surface area contributed by atoms with Crippen LogP contribution in [0.2, 0.25) is 0 Å². The largest absolute Gasteiger partial charge is 0.363 e. The Bertz CT molecular complexity index is 758. The van der Waals surface area contributed by atoms with Crippen molar-refractivity contribution in [1.82, 2.24) is 20.3 Å². The van der Waals surface area contributed by atoms with Crippen molar-refractivity contribution in [3.8, 4) is 11.4 Å². The van der Waals surface area contributed by atoms with Crippen molar-refractivity contribution in [3.05, 3.63) is 48.4 Å². The molecule has 3 rings (SSSR count). The number of amides is 1. The van der Waals surface area contributed by atoms with Crippen molar-refractivity contribution in [2.24, 2.45) is 5.92 Å². The highest BCUT2D eigenvalue weighted by molar-refractivity contribution is 5.79. The van der Waals surface area contributed by atoms with E-state index in [0.717, 1.165) is 36.3 Å². The molecule has 1 amide bonds. The lowest BCUT2D eigenvalue weighted by Crippen LogP contribution is -2.31. The van der Waals surface area contributed by atoms with Crippen LogP contribution >= 0.6 is 0 Å². The average Bonchev–Trinajstić information content (AvgIpc) is 2.67. The second-order valence-corrected chi connectivity index (χ2v) is 6.38. The van der Waals surface area contributed by atoms with Crippen LogP contribution in [0.4, 0.5) is 5.82 Å². The van der Waals surface area contributed by atoms with E-state index in [-0.39, 0.29) is 11.8 Å². The van der Waals surface area contributed by atoms with Gasteiger partial charge in [-0.1, -0.05) is 12.2 Å². The van der Waals surface area contributed by atoms with Gasteiger partial charge in [-0.25, -0.2) is 9.97 Å². The molecule has 2 heterocycles. The van der Waals surface area contributed by atoms with Gasteiger partial charge >= 0.3 is 0 Å². The third-order valence-electron chi connectivity index (χ3n) is 4.23. The van der Waals surface area contributed by atoms with Crippen LogP contribution in [0.1, 0.15) is 25.0 Å². The Balaban J connectivity index is 1.77. The van der Waals surface area contributed by atoms with Crippen LogP contribution in [-0.4, -0.2) is 35.0 Å². The fourth-order valence-electron chi connectivity index (χ4n) is 2.78. The van der Waals surface area contributed by atoms with Gasteiger partial charge in [-0.3, -0.25) is 9.78 Å². The molecule has 25 heavy (non-hydrogen) atoms. The lowest BCUT2D eigenvalue weighted by Gasteiger charge is -2.18. The molecule has 1 atom stereocenters. The number of allylic oxidation sites excluding steroid dienone is 2. The zero-order valence-corrected chi connectivity index (χ0v) is 14.6. The summed E-state index contributed by atoms with van der Waals surface area (Å²) < 4.78 is 0. The van der Waals surface area contributed by atoms with E-state index >= 15 is 0 Å². The molecule has 0 aromatic carbocycles. The Morgan fingerprint density at radius 2 is 2.20 bits per heavy atom. The Labute approximate surface area is 148 Å². The van der Waals surface area contributed by atoms with E-state index in [1.165, 1.54) is 0 Å². The van der Waals surface area contributed by atoms with Gasteiger partial charge in [0.1, 0.15) is 5.82 Å². The Morgan fingerprint density at radius 1 is 1.32 bits per heavy atom. The van der Waals surface area contributed by atoms with Gasteiger partial charge < -0.3 is 10.2 Å². The van der Waals surface area contributed by atoms with E-state index in [1.54, 1.807) is 12.4 Å². The zero-order valence-electron chi connectivity index (χ0n) is 14.6. The summed E-state index contributed by atoms with van der Waals surface area (Å²) in [5, 5.41) is 3.02. The molecule has 0 aliphatic heterocycles. The minimum absolute atomic E-state index is 0.0675. The van der Waals surface area contributed by atoms with Crippen molar-refractivity contribution < 1.29 is 4.79 Å². The summed E-state index contributed by atoms with van der Waals surface area (Å²) >= 11 is 0. The highest BCUT2D eigenvalue weighted by atomic mass is 16.1. The van der Waals surface area contributed by atoms with Crippen molar-refractivity contribution in [3.63, 3.8) is 0 Å². The quantitative estimate of drug-likeness (QED) is 0.849. The van der Waals surface area contributed by atoms with Crippen LogP contribution in [-0.2, 0) is 11.3 Å². The van der Waals surface area contributed by atoms with Gasteiger partial charge in [-0.2, -0.15) is 0 Å². The van der Waals surface area contributed by atoms with Gasteiger partial charge in [0, 0.05) is 44.0 Å². The molecule has 0 saturated carbocycles. The first kappa shape index (κ1) is 17.1. The van der Waals surface area contributed by atoms with Gasteiger partial charge in [0.05, 0.1) is 12.2 Å². The number of carbonyl (C=O) groups is 1. The predicted molar refractivity (Wildman–Crippen MR) is 97.9 cm³/mol. The van der Waals surface area contributed by atoms with Gasteiger partial charge in [0.2, 0.25) is 5.91 Å². The normalized spacial score (nSPS) is 16.5. The van der Waals surface area contributed by atoms with Crippen LogP contribution in [0.5, 0.6) is 0 Å². The zero-order chi connectivity index (χ0) is 17.6. The van der Waals surface area contributed by atoms with Gasteiger partial charge in [0.25, 0.3) is 0 Å². The molecular weight excluding hydrogens is 314 g/mol. The van der Waals surface area contributed by atoms with E-state index in [9.17, 15) is 4.79 Å². The average molecular weight is 337 g/mol. The third kappa shape index (κ3) is 4.41. The number of aromatic nitrogens is 3. The third-order valence-corrected chi connectivity index (χ3v) is 4.23. The van der Waals surface area contributed by atoms with Gasteiger partial charge in [-0.15, -0.1) is 0 Å². The van der Waals surface area contributed by atoms with Crippen molar-refractivity contribution in [2.75, 3.05) is 19.0 Å². The molecule has 1 N–H and O–H groups in total. The Hall–Kier alpha value is -2.76. The summed E-state index contributed by atoms with van der Waals surface area (Å²) in [6.07, 6.45) is 10.4. The molecule has 6 nitrogen and oxygen atoms in total. The molecule has 0 saturated heterocycles. The summed E-state index contributed by atoms with van der Waals surface area (Å²) in [6, 6.07) is 5.69. The monoisotopic (exact) mass is 337 g/mol. The molecule has 2 aromatic heterocycles. The van der Waals surface area contributed by atoms with Crippen LogP contribution in [0.25, 0.3) is 11.4 Å². The first-order valence-corrected chi connectivity index (χ1v) is 8.52. The van der Waals surface area contributed by atoms with E-state index in [4.69, 9.17) is 0 Å². The first-order chi connectivity index (χ1) is 12.1. The maximum absolute atomic E-state index is 12.3. The highest BCUT2D eigenvalue weighted by Gasteiger charge is 2.18. The molecule has 0 bridgehead atoms. The number of nitrogens with one attached hydrogen (secondary N) is 1. The molecule has 0 fully saturated rings. The number of nitrogens with zero attached hydrogens (tertiary/aromatic N) is 4. The number of anilines is 1. The van der Waals surface area contributed by atoms with Crippen molar-refractivity contribution in [1.29, 1.82) is 0 Å². The standard InChI is InChI=1S/C19H23N5O/c1-24(2)17-11-16(13-21-19(25)14-7-4-3-5-8-14)22-18(23-17)15-9-6-10-20-12-15/h3-4,6,9-12,14H,5,7-8,13H2,1-2H3,(H,21,25). The summed E-state index contributed by atoms with van der Waals surface area (Å²) in [6.45, 7) is 0.398. The minimum atomic E-state index is 0.0675. The number of carbonyl (C=O) groups excluding carboxylic acids is 1. The SMILES string of the molecule is CN(C)c1cc(CNC(=O)C2CC=CCC2)nc(-c2cccnc2)n1. The van der Waals surface area contributed by atoms with Crippen LogP contribution in [0.15, 0.2) is 42.7 Å². The number of hydrogen-bond acceptors (Lipinski definition) is 5. The Kier molecular flexibility index (Phi) is 5.38. The molecule has 0 radical (unpaired) electrons. The highest BCUT2D eigenvalue weighted by Crippen LogP contribution is 2.20. The van der Waals surface area contributed by atoms with E-state index in [0.29, 0.717) is 12.4 Å². The first-order valence-electron chi connectivity index (χ1n) is 8.52. The molecule has 1 aliphatic carbocycles. The molecular formula is C19H23N5O. The fraction of sp³-hybridized carbons (Fsp3) is 0.368. The maximum Gasteiger partial charge on any atom is 0.223 e. The molecule has 130 valence electrons. The number of hydrogen-bond donors (Lipinski definition) is 1. The van der Waals surface area contributed by atoms with Crippen LogP contribution < -0.4 is 10.2 Å². The molecule has 1 unspecified atom stereocenters. The van der Waals surface area contributed by atoms with Crippen molar-refractivity contribution >= 4 is 11.7 Å². The van der Waals surface area contributed by atoms with E-state index in [1.807, 2.05) is 37.2 Å². The maximum atomic E-state index is 12.3. The summed E-state index contributed by atoms with van der Waals surface area (Å²) in [4.78, 5) is 27.6. The smallest absolute Gasteiger partial charge is 0.223 e. The molecule has 1 aliphatic rings. The Morgan fingerprint density at radius 3 is 2.88 bits per heavy atom.